The molecule has 0 fully saturated rings. The number of urea groups is 1. The number of carboxylic acid groups (broad SMARTS) is 1. The minimum atomic E-state index is -0.958. The van der Waals surface area contributed by atoms with Crippen molar-refractivity contribution in [2.75, 3.05) is 11.9 Å². The highest BCUT2D eigenvalue weighted by Crippen LogP contribution is 2.31. The molecule has 2 amide bonds. The number of rotatable bonds is 5. The minimum absolute atomic E-state index is 0.0613. The SMILES string of the molecule is Cc1c(C(C)(C)C)nn(-c2ccccc2)c1NC(=O)NCCC(=O)O. The molecule has 0 aliphatic carbocycles. The van der Waals surface area contributed by atoms with Crippen LogP contribution in [-0.4, -0.2) is 33.4 Å². The van der Waals surface area contributed by atoms with E-state index in [0.29, 0.717) is 5.82 Å². The van der Waals surface area contributed by atoms with E-state index in [1.165, 1.54) is 0 Å². The number of hydrogen-bond acceptors (Lipinski definition) is 3. The lowest BCUT2D eigenvalue weighted by Gasteiger charge is -2.16. The van der Waals surface area contributed by atoms with Gasteiger partial charge < -0.3 is 10.4 Å². The summed E-state index contributed by atoms with van der Waals surface area (Å²) in [7, 11) is 0. The average molecular weight is 344 g/mol. The van der Waals surface area contributed by atoms with Crippen molar-refractivity contribution >= 4 is 17.8 Å². The molecule has 0 spiro atoms. The Balaban J connectivity index is 2.33. The number of aromatic nitrogens is 2. The number of anilines is 1. The van der Waals surface area contributed by atoms with E-state index in [4.69, 9.17) is 10.2 Å². The van der Waals surface area contributed by atoms with Crippen LogP contribution in [0.3, 0.4) is 0 Å². The number of carbonyl (C=O) groups excluding carboxylic acids is 1. The highest BCUT2D eigenvalue weighted by Gasteiger charge is 2.25. The molecular formula is C18H24N4O3. The first kappa shape index (κ1) is 18.5. The molecule has 0 atom stereocenters. The van der Waals surface area contributed by atoms with E-state index < -0.39 is 12.0 Å². The van der Waals surface area contributed by atoms with E-state index in [9.17, 15) is 9.59 Å². The molecule has 0 aliphatic rings. The average Bonchev–Trinajstić information content (AvgIpc) is 2.85. The fraction of sp³-hybridized carbons (Fsp3) is 0.389. The number of carbonyl (C=O) groups is 2. The molecule has 2 rings (SSSR count). The second-order valence-electron chi connectivity index (χ2n) is 6.84. The molecular weight excluding hydrogens is 320 g/mol. The predicted molar refractivity (Wildman–Crippen MR) is 96.3 cm³/mol. The molecule has 134 valence electrons. The Labute approximate surface area is 147 Å². The summed E-state index contributed by atoms with van der Waals surface area (Å²) in [5, 5.41) is 18.7. The van der Waals surface area contributed by atoms with Gasteiger partial charge in [0, 0.05) is 17.5 Å². The number of amides is 2. The number of aliphatic carboxylic acids is 1. The zero-order valence-corrected chi connectivity index (χ0v) is 15.0. The van der Waals surface area contributed by atoms with Crippen LogP contribution in [0.4, 0.5) is 10.6 Å². The van der Waals surface area contributed by atoms with Gasteiger partial charge in [-0.25, -0.2) is 9.48 Å². The number of benzene rings is 1. The lowest BCUT2D eigenvalue weighted by Crippen LogP contribution is -2.31. The standard InChI is InChI=1S/C18H24N4O3/c1-12-15(18(2,3)4)21-22(13-8-6-5-7-9-13)16(12)20-17(25)19-11-10-14(23)24/h5-9H,10-11H2,1-4H3,(H,23,24)(H2,19,20,25). The van der Waals surface area contributed by atoms with Crippen LogP contribution in [-0.2, 0) is 10.2 Å². The van der Waals surface area contributed by atoms with Crippen LogP contribution in [0.2, 0.25) is 0 Å². The molecule has 0 bridgehead atoms. The number of nitrogens with one attached hydrogen (secondary N) is 2. The summed E-state index contributed by atoms with van der Waals surface area (Å²) in [5.74, 6) is -0.384. The quantitative estimate of drug-likeness (QED) is 0.776. The van der Waals surface area contributed by atoms with Gasteiger partial charge in [-0.2, -0.15) is 5.10 Å². The molecule has 0 unspecified atom stereocenters. The molecule has 7 nitrogen and oxygen atoms in total. The summed E-state index contributed by atoms with van der Waals surface area (Å²) in [6.45, 7) is 8.17. The van der Waals surface area contributed by atoms with E-state index in [1.54, 1.807) is 4.68 Å². The van der Waals surface area contributed by atoms with Crippen molar-refractivity contribution < 1.29 is 14.7 Å². The van der Waals surface area contributed by atoms with Gasteiger partial charge in [0.25, 0.3) is 0 Å². The van der Waals surface area contributed by atoms with Crippen LogP contribution in [0, 0.1) is 6.92 Å². The normalized spacial score (nSPS) is 11.2. The van der Waals surface area contributed by atoms with Gasteiger partial charge in [0.2, 0.25) is 0 Å². The summed E-state index contributed by atoms with van der Waals surface area (Å²) in [4.78, 5) is 22.7. The molecule has 3 N–H and O–H groups in total. The Morgan fingerprint density at radius 3 is 2.40 bits per heavy atom. The van der Waals surface area contributed by atoms with E-state index >= 15 is 0 Å². The summed E-state index contributed by atoms with van der Waals surface area (Å²) < 4.78 is 1.70. The van der Waals surface area contributed by atoms with Crippen molar-refractivity contribution in [3.8, 4) is 5.69 Å². The zero-order chi connectivity index (χ0) is 18.6. The third-order valence-corrected chi connectivity index (χ3v) is 3.69. The third-order valence-electron chi connectivity index (χ3n) is 3.69. The van der Waals surface area contributed by atoms with Gasteiger partial charge in [-0.3, -0.25) is 10.1 Å². The van der Waals surface area contributed by atoms with Crippen LogP contribution in [0.1, 0.15) is 38.4 Å². The van der Waals surface area contributed by atoms with E-state index in [2.05, 4.69) is 31.4 Å². The lowest BCUT2D eigenvalue weighted by atomic mass is 9.90. The highest BCUT2D eigenvalue weighted by molar-refractivity contribution is 5.89. The van der Waals surface area contributed by atoms with Gasteiger partial charge >= 0.3 is 12.0 Å². The number of carboxylic acids is 1. The summed E-state index contributed by atoms with van der Waals surface area (Å²) >= 11 is 0. The molecule has 1 heterocycles. The van der Waals surface area contributed by atoms with Crippen molar-refractivity contribution in [2.45, 2.75) is 39.5 Å². The minimum Gasteiger partial charge on any atom is -0.481 e. The Kier molecular flexibility index (Phi) is 5.46. The third kappa shape index (κ3) is 4.59. The molecule has 0 saturated heterocycles. The van der Waals surface area contributed by atoms with E-state index in [-0.39, 0.29) is 18.4 Å². The number of nitrogens with zero attached hydrogens (tertiary/aromatic N) is 2. The number of hydrogen-bond donors (Lipinski definition) is 3. The zero-order valence-electron chi connectivity index (χ0n) is 15.0. The van der Waals surface area contributed by atoms with Crippen LogP contribution in [0.5, 0.6) is 0 Å². The fourth-order valence-corrected chi connectivity index (χ4v) is 2.55. The van der Waals surface area contributed by atoms with Crippen LogP contribution in [0.25, 0.3) is 5.69 Å². The summed E-state index contributed by atoms with van der Waals surface area (Å²) in [6, 6.07) is 9.08. The van der Waals surface area contributed by atoms with Gasteiger partial charge in [-0.05, 0) is 19.1 Å². The Hall–Kier alpha value is -2.83. The van der Waals surface area contributed by atoms with Gasteiger partial charge in [0.05, 0.1) is 17.8 Å². The largest absolute Gasteiger partial charge is 0.481 e. The Bertz CT molecular complexity index is 761. The topological polar surface area (TPSA) is 96.3 Å². The van der Waals surface area contributed by atoms with Crippen molar-refractivity contribution in [3.05, 3.63) is 41.6 Å². The Morgan fingerprint density at radius 2 is 1.84 bits per heavy atom. The molecule has 0 aliphatic heterocycles. The molecule has 7 heteroatoms. The van der Waals surface area contributed by atoms with Crippen LogP contribution >= 0.6 is 0 Å². The maximum Gasteiger partial charge on any atom is 0.320 e. The molecule has 1 aromatic carbocycles. The maximum absolute atomic E-state index is 12.1. The Morgan fingerprint density at radius 1 is 1.20 bits per heavy atom. The van der Waals surface area contributed by atoms with Gasteiger partial charge in [-0.1, -0.05) is 39.0 Å². The van der Waals surface area contributed by atoms with Gasteiger partial charge in [0.15, 0.2) is 0 Å². The summed E-state index contributed by atoms with van der Waals surface area (Å²) in [5.41, 5.74) is 2.42. The molecule has 0 radical (unpaired) electrons. The highest BCUT2D eigenvalue weighted by atomic mass is 16.4. The van der Waals surface area contributed by atoms with Crippen LogP contribution < -0.4 is 10.6 Å². The maximum atomic E-state index is 12.1. The van der Waals surface area contributed by atoms with Crippen molar-refractivity contribution in [1.29, 1.82) is 0 Å². The number of para-hydroxylation sites is 1. The second-order valence-corrected chi connectivity index (χ2v) is 6.84. The van der Waals surface area contributed by atoms with Crippen LogP contribution in [0.15, 0.2) is 30.3 Å². The van der Waals surface area contributed by atoms with Crippen molar-refractivity contribution in [2.24, 2.45) is 0 Å². The van der Waals surface area contributed by atoms with Crippen molar-refractivity contribution in [3.63, 3.8) is 0 Å². The monoisotopic (exact) mass is 344 g/mol. The van der Waals surface area contributed by atoms with Gasteiger partial charge in [-0.15, -0.1) is 0 Å². The molecule has 25 heavy (non-hydrogen) atoms. The van der Waals surface area contributed by atoms with Gasteiger partial charge in [0.1, 0.15) is 5.82 Å². The first-order valence-electron chi connectivity index (χ1n) is 8.12. The predicted octanol–water partition coefficient (Wildman–Crippen LogP) is 3.07. The fourth-order valence-electron chi connectivity index (χ4n) is 2.55. The summed E-state index contributed by atoms with van der Waals surface area (Å²) in [6.07, 6.45) is -0.127. The second kappa shape index (κ2) is 7.38. The first-order valence-corrected chi connectivity index (χ1v) is 8.12. The smallest absolute Gasteiger partial charge is 0.320 e. The molecule has 2 aromatic rings. The molecule has 1 aromatic heterocycles. The van der Waals surface area contributed by atoms with E-state index in [0.717, 1.165) is 16.9 Å². The van der Waals surface area contributed by atoms with E-state index in [1.807, 2.05) is 37.3 Å². The lowest BCUT2D eigenvalue weighted by molar-refractivity contribution is -0.136. The first-order chi connectivity index (χ1) is 11.7. The molecule has 0 saturated carbocycles. The van der Waals surface area contributed by atoms with Crippen molar-refractivity contribution in [1.82, 2.24) is 15.1 Å².